The van der Waals surface area contributed by atoms with E-state index in [1.807, 2.05) is 0 Å². The fourth-order valence-electron chi connectivity index (χ4n) is 0.423. The largest absolute Gasteiger partial charge is 0.863 e. The number of nitrogens with zero attached hydrogens (tertiary/aromatic N) is 2. The van der Waals surface area contributed by atoms with Gasteiger partial charge in [0.15, 0.2) is 0 Å². The number of carboxylic acid groups (broad SMARTS) is 2. The van der Waals surface area contributed by atoms with Gasteiger partial charge in [-0.1, -0.05) is 11.8 Å². The smallest absolute Gasteiger partial charge is 0.325 e. The Balaban J connectivity index is -0.000000120. The molecule has 0 aliphatic heterocycles. The van der Waals surface area contributed by atoms with Crippen LogP contribution in [0.15, 0.2) is 9.98 Å². The van der Waals surface area contributed by atoms with Crippen molar-refractivity contribution in [2.45, 2.75) is 0 Å². The summed E-state index contributed by atoms with van der Waals surface area (Å²) in [4.78, 5) is 25.5. The van der Waals surface area contributed by atoms with E-state index in [1.54, 1.807) is 0 Å². The van der Waals surface area contributed by atoms with E-state index in [1.165, 1.54) is 0 Å². The summed E-state index contributed by atoms with van der Waals surface area (Å²) in [5, 5.41) is 36.1. The van der Waals surface area contributed by atoms with Crippen LogP contribution in [-0.4, -0.2) is 95.3 Å². The number of halogens is 2. The molecule has 0 saturated heterocycles. The maximum Gasteiger partial charge on any atom is 0.325 e. The average molecular weight is 471 g/mol. The van der Waals surface area contributed by atoms with Gasteiger partial charge in [-0.3, -0.25) is 19.6 Å². The summed E-state index contributed by atoms with van der Waals surface area (Å²) < 4.78 is 0. The maximum absolute atomic E-state index is 10.1. The molecule has 0 atom stereocenters. The van der Waals surface area contributed by atoms with Crippen molar-refractivity contribution < 1.29 is 30.0 Å². The molecule has 14 heteroatoms. The number of carbonyl (C=O) groups is 2. The van der Waals surface area contributed by atoms with Crippen LogP contribution in [0, 0.1) is 0 Å². The molecule has 0 aromatic heterocycles. The van der Waals surface area contributed by atoms with Crippen LogP contribution in [0.3, 0.4) is 0 Å². The molecule has 0 spiro atoms. The number of rotatable bonds is 6. The first-order valence-corrected chi connectivity index (χ1v) is 11.3. The van der Waals surface area contributed by atoms with Crippen molar-refractivity contribution in [3.63, 3.8) is 0 Å². The SMILES string of the molecule is [Cl][Ga].[Cl][Ga].[NH-]CC([O-])=NCC(=O)O.[NH-]CC([O-])=NCC(=O)O. The number of carboxylic acids is 2. The second-order valence-corrected chi connectivity index (χ2v) is 2.56. The number of aliphatic imine (C=N–C) groups is 2. The van der Waals surface area contributed by atoms with E-state index in [2.05, 4.69) is 9.98 Å². The Labute approximate surface area is 155 Å². The van der Waals surface area contributed by atoms with Gasteiger partial charge in [0, 0.05) is 0 Å². The molecule has 0 saturated carbocycles. The third-order valence-corrected chi connectivity index (χ3v) is 1.08. The van der Waals surface area contributed by atoms with Crippen molar-refractivity contribution in [1.82, 2.24) is 0 Å². The summed E-state index contributed by atoms with van der Waals surface area (Å²) in [6, 6.07) is 0. The molecule has 0 rings (SSSR count). The van der Waals surface area contributed by atoms with Crippen LogP contribution >= 0.6 is 19.3 Å². The average Bonchev–Trinajstić information content (AvgIpc) is 2.54. The van der Waals surface area contributed by atoms with E-state index in [-0.39, 0.29) is 0 Å². The molecule has 10 nitrogen and oxygen atoms in total. The van der Waals surface area contributed by atoms with Gasteiger partial charge in [-0.15, -0.1) is 13.1 Å². The fourth-order valence-corrected chi connectivity index (χ4v) is 0.423. The van der Waals surface area contributed by atoms with Gasteiger partial charge in [-0.05, 0) is 0 Å². The van der Waals surface area contributed by atoms with Crippen molar-refractivity contribution in [3.8, 4) is 0 Å². The van der Waals surface area contributed by atoms with Gasteiger partial charge in [0.2, 0.25) is 0 Å². The van der Waals surface area contributed by atoms with E-state index in [0.717, 1.165) is 35.2 Å². The zero-order valence-electron chi connectivity index (χ0n) is 11.2. The van der Waals surface area contributed by atoms with E-state index < -0.39 is 49.9 Å². The number of nitrogens with one attached hydrogen (secondary N) is 2. The minimum Gasteiger partial charge on any atom is -0.863 e. The molecule has 4 radical (unpaired) electrons. The Morgan fingerprint density at radius 2 is 1.09 bits per heavy atom. The Morgan fingerprint density at radius 3 is 1.23 bits per heavy atom. The second kappa shape index (κ2) is 25.6. The maximum atomic E-state index is 10.1. The normalized spacial score (nSPS) is 9.82. The van der Waals surface area contributed by atoms with E-state index in [0.29, 0.717) is 0 Å². The van der Waals surface area contributed by atoms with Crippen molar-refractivity contribution in [2.24, 2.45) is 9.98 Å². The Morgan fingerprint density at radius 1 is 0.864 bits per heavy atom. The van der Waals surface area contributed by atoms with Crippen molar-refractivity contribution in [3.05, 3.63) is 11.5 Å². The van der Waals surface area contributed by atoms with Crippen LogP contribution in [0.25, 0.3) is 11.5 Å². The Bertz CT molecular complexity index is 315. The predicted octanol–water partition coefficient (Wildman–Crippen LogP) is -1.62. The molecule has 22 heavy (non-hydrogen) atoms. The molecule has 0 aliphatic carbocycles. The molecule has 0 aromatic rings. The summed E-state index contributed by atoms with van der Waals surface area (Å²) in [5.74, 6) is -3.71. The van der Waals surface area contributed by atoms with Gasteiger partial charge in [-0.25, -0.2) is 0 Å². The molecule has 0 amide bonds. The third-order valence-electron chi connectivity index (χ3n) is 1.08. The minimum absolute atomic E-state index is 0.479. The van der Waals surface area contributed by atoms with Gasteiger partial charge in [0.05, 0.1) is 0 Å². The summed E-state index contributed by atoms with van der Waals surface area (Å²) in [6.45, 7) is -2.02. The first kappa shape index (κ1) is 29.6. The number of aliphatic carboxylic acids is 2. The van der Waals surface area contributed by atoms with E-state index >= 15 is 0 Å². The standard InChI is InChI=1S/2C4H7N2O3.2ClH.2Ga/c2*5-1-3(7)6-2-4(8)9;;;;/h2*5H,1-2H2,(H,6,7)(H,8,9);2*1H;;/q2*-1;;;2*+1/p-4. The molecule has 4 N–H and O–H groups in total. The van der Waals surface area contributed by atoms with Crippen LogP contribution in [-0.2, 0) is 9.59 Å². The van der Waals surface area contributed by atoms with Crippen LogP contribution in [0.4, 0.5) is 0 Å². The molecule has 0 heterocycles. The monoisotopic (exact) mass is 468 g/mol. The fraction of sp³-hybridized carbons (Fsp3) is 0.500. The third kappa shape index (κ3) is 36.7. The molecule has 124 valence electrons. The zero-order chi connectivity index (χ0) is 18.6. The zero-order valence-corrected chi connectivity index (χ0v) is 17.5. The molecule has 0 aliphatic rings. The van der Waals surface area contributed by atoms with Gasteiger partial charge < -0.3 is 31.9 Å². The van der Waals surface area contributed by atoms with Crippen LogP contribution < -0.4 is 10.2 Å². The quantitative estimate of drug-likeness (QED) is 0.266. The van der Waals surface area contributed by atoms with Gasteiger partial charge in [-0.2, -0.15) is 0 Å². The Kier molecular flexibility index (Phi) is 34.5. The van der Waals surface area contributed by atoms with E-state index in [9.17, 15) is 19.8 Å². The molecule has 0 bridgehead atoms. The molecular weight excluding hydrogens is 458 g/mol. The summed E-state index contributed by atoms with van der Waals surface area (Å²) >= 11 is 2.32. The van der Waals surface area contributed by atoms with E-state index in [4.69, 9.17) is 41.0 Å². The second-order valence-electron chi connectivity index (χ2n) is 2.56. The molecule has 0 aromatic carbocycles. The first-order chi connectivity index (χ1) is 10.3. The minimum atomic E-state index is -1.16. The molecule has 0 unspecified atom stereocenters. The summed E-state index contributed by atoms with van der Waals surface area (Å²) in [6.07, 6.45) is 0. The number of hydrogen-bond donors (Lipinski definition) is 2. The molecule has 0 fully saturated rings. The van der Waals surface area contributed by atoms with Crippen molar-refractivity contribution in [2.75, 3.05) is 26.2 Å². The predicted molar refractivity (Wildman–Crippen MR) is 81.5 cm³/mol. The van der Waals surface area contributed by atoms with Crippen molar-refractivity contribution >= 4 is 78.2 Å². The first-order valence-electron chi connectivity index (χ1n) is 4.90. The van der Waals surface area contributed by atoms with Crippen LogP contribution in [0.5, 0.6) is 0 Å². The summed E-state index contributed by atoms with van der Waals surface area (Å²) in [5.41, 5.74) is 12.8. The van der Waals surface area contributed by atoms with Gasteiger partial charge in [0.1, 0.15) is 13.1 Å². The van der Waals surface area contributed by atoms with Gasteiger partial charge in [0.25, 0.3) is 0 Å². The van der Waals surface area contributed by atoms with Crippen LogP contribution in [0.1, 0.15) is 0 Å². The summed E-state index contributed by atoms with van der Waals surface area (Å²) in [7, 11) is 9.40. The van der Waals surface area contributed by atoms with Gasteiger partial charge >= 0.3 is 66.4 Å². The van der Waals surface area contributed by atoms with Crippen LogP contribution in [0.2, 0.25) is 0 Å². The van der Waals surface area contributed by atoms with Crippen molar-refractivity contribution in [1.29, 1.82) is 0 Å². The molecular formula is C8H12Cl2Ga2N4O6-4. The topological polar surface area (TPSA) is 193 Å². The number of hydrogen-bond acceptors (Lipinski definition) is 6. The Hall–Kier alpha value is -0.347.